The maximum absolute atomic E-state index is 5.93. The number of nitrogen functional groups attached to an aromatic ring is 1. The van der Waals surface area contributed by atoms with Gasteiger partial charge in [0.2, 0.25) is 0 Å². The number of hydrogen-bond donors (Lipinski definition) is 1. The molecule has 4 heteroatoms. The highest BCUT2D eigenvalue weighted by molar-refractivity contribution is 5.56. The average molecular weight is 234 g/mol. The van der Waals surface area contributed by atoms with Gasteiger partial charge in [0.05, 0.1) is 0 Å². The first kappa shape index (κ1) is 12.1. The molecule has 0 atom stereocenters. The summed E-state index contributed by atoms with van der Waals surface area (Å²) < 4.78 is 0. The molecule has 0 radical (unpaired) electrons. The van der Waals surface area contributed by atoms with Gasteiger partial charge < -0.3 is 10.6 Å². The summed E-state index contributed by atoms with van der Waals surface area (Å²) in [5.41, 5.74) is 7.04. The average Bonchev–Trinajstić information content (AvgIpc) is 2.28. The smallest absolute Gasteiger partial charge is 0.137 e. The predicted octanol–water partition coefficient (Wildman–Crippen LogP) is 2.39. The van der Waals surface area contributed by atoms with E-state index in [1.807, 2.05) is 0 Å². The van der Waals surface area contributed by atoms with Crippen molar-refractivity contribution in [2.24, 2.45) is 0 Å². The third-order valence-corrected chi connectivity index (χ3v) is 3.47. The van der Waals surface area contributed by atoms with Gasteiger partial charge in [-0.15, -0.1) is 0 Å². The van der Waals surface area contributed by atoms with Gasteiger partial charge in [-0.1, -0.05) is 26.2 Å². The van der Waals surface area contributed by atoms with Crippen LogP contribution in [0.1, 0.15) is 44.6 Å². The summed E-state index contributed by atoms with van der Waals surface area (Å²) in [4.78, 5) is 10.9. The summed E-state index contributed by atoms with van der Waals surface area (Å²) in [6, 6.07) is 0. The van der Waals surface area contributed by atoms with Crippen molar-refractivity contribution in [2.75, 3.05) is 23.7 Å². The lowest BCUT2D eigenvalue weighted by Crippen LogP contribution is -2.29. The summed E-state index contributed by atoms with van der Waals surface area (Å²) >= 11 is 0. The minimum atomic E-state index is 0.638. The van der Waals surface area contributed by atoms with Crippen molar-refractivity contribution in [1.29, 1.82) is 0 Å². The second kappa shape index (κ2) is 5.84. The van der Waals surface area contributed by atoms with Crippen LogP contribution in [-0.4, -0.2) is 23.1 Å². The largest absolute Gasteiger partial charge is 0.383 e. The van der Waals surface area contributed by atoms with Crippen LogP contribution in [0.25, 0.3) is 0 Å². The number of nitrogens with zero attached hydrogens (tertiary/aromatic N) is 3. The molecule has 0 aromatic carbocycles. The Kier molecular flexibility index (Phi) is 4.18. The molecule has 1 aromatic rings. The molecule has 1 aliphatic heterocycles. The van der Waals surface area contributed by atoms with Crippen LogP contribution in [0.2, 0.25) is 0 Å². The Hall–Kier alpha value is -1.32. The molecule has 1 aromatic heterocycles. The van der Waals surface area contributed by atoms with Crippen molar-refractivity contribution in [3.8, 4) is 0 Å². The molecule has 0 unspecified atom stereocenters. The van der Waals surface area contributed by atoms with Crippen molar-refractivity contribution < 1.29 is 0 Å². The van der Waals surface area contributed by atoms with E-state index < -0.39 is 0 Å². The standard InChI is InChI=1S/C13H22N4/c1-2-11-12(14)15-10-16-13(11)17-8-6-4-3-5-7-9-17/h10H,2-9H2,1H3,(H2,14,15,16). The van der Waals surface area contributed by atoms with Crippen LogP contribution in [0.4, 0.5) is 11.6 Å². The lowest BCUT2D eigenvalue weighted by molar-refractivity contribution is 0.552. The van der Waals surface area contributed by atoms with E-state index in [2.05, 4.69) is 21.8 Å². The van der Waals surface area contributed by atoms with Gasteiger partial charge in [-0.05, 0) is 19.3 Å². The SMILES string of the molecule is CCc1c(N)ncnc1N1CCCCCCC1. The fourth-order valence-electron chi connectivity index (χ4n) is 2.49. The zero-order valence-corrected chi connectivity index (χ0v) is 10.7. The normalized spacial score (nSPS) is 17.6. The number of nitrogens with two attached hydrogens (primary N) is 1. The lowest BCUT2D eigenvalue weighted by atomic mass is 10.1. The minimum Gasteiger partial charge on any atom is -0.383 e. The second-order valence-electron chi connectivity index (χ2n) is 4.67. The van der Waals surface area contributed by atoms with Gasteiger partial charge in [0, 0.05) is 18.7 Å². The van der Waals surface area contributed by atoms with Crippen molar-refractivity contribution in [3.05, 3.63) is 11.9 Å². The molecule has 4 nitrogen and oxygen atoms in total. The van der Waals surface area contributed by atoms with E-state index in [9.17, 15) is 0 Å². The highest BCUT2D eigenvalue weighted by Gasteiger charge is 2.15. The van der Waals surface area contributed by atoms with Gasteiger partial charge in [0.1, 0.15) is 18.0 Å². The van der Waals surface area contributed by atoms with Crippen molar-refractivity contribution in [1.82, 2.24) is 9.97 Å². The van der Waals surface area contributed by atoms with Crippen molar-refractivity contribution in [2.45, 2.75) is 45.4 Å². The molecule has 94 valence electrons. The van der Waals surface area contributed by atoms with E-state index in [0.29, 0.717) is 5.82 Å². The maximum Gasteiger partial charge on any atom is 0.137 e. The Morgan fingerprint density at radius 1 is 1.12 bits per heavy atom. The number of aromatic nitrogens is 2. The molecule has 0 saturated carbocycles. The van der Waals surface area contributed by atoms with Gasteiger partial charge in [-0.3, -0.25) is 0 Å². The van der Waals surface area contributed by atoms with E-state index in [1.54, 1.807) is 6.33 Å². The molecule has 0 spiro atoms. The molecular weight excluding hydrogens is 212 g/mol. The summed E-state index contributed by atoms with van der Waals surface area (Å²) in [7, 11) is 0. The zero-order chi connectivity index (χ0) is 12.1. The Morgan fingerprint density at radius 2 is 1.76 bits per heavy atom. The van der Waals surface area contributed by atoms with Crippen LogP contribution in [0.3, 0.4) is 0 Å². The minimum absolute atomic E-state index is 0.638. The van der Waals surface area contributed by atoms with Crippen molar-refractivity contribution in [3.63, 3.8) is 0 Å². The van der Waals surface area contributed by atoms with Crippen molar-refractivity contribution >= 4 is 11.6 Å². The van der Waals surface area contributed by atoms with Crippen LogP contribution in [0.15, 0.2) is 6.33 Å². The molecule has 1 aliphatic rings. The fourth-order valence-corrected chi connectivity index (χ4v) is 2.49. The Bertz CT molecular complexity index is 356. The summed E-state index contributed by atoms with van der Waals surface area (Å²) in [6.45, 7) is 4.31. The first-order valence-corrected chi connectivity index (χ1v) is 6.67. The van der Waals surface area contributed by atoms with Gasteiger partial charge in [-0.25, -0.2) is 9.97 Å². The predicted molar refractivity (Wildman–Crippen MR) is 71.1 cm³/mol. The summed E-state index contributed by atoms with van der Waals surface area (Å²) in [6.07, 6.45) is 9.04. The summed E-state index contributed by atoms with van der Waals surface area (Å²) in [5.74, 6) is 1.70. The highest BCUT2D eigenvalue weighted by Crippen LogP contribution is 2.24. The maximum atomic E-state index is 5.93. The number of hydrogen-bond acceptors (Lipinski definition) is 4. The van der Waals surface area contributed by atoms with Crippen LogP contribution in [0, 0.1) is 0 Å². The zero-order valence-electron chi connectivity index (χ0n) is 10.7. The Balaban J connectivity index is 2.21. The Morgan fingerprint density at radius 3 is 2.41 bits per heavy atom. The van der Waals surface area contributed by atoms with E-state index in [4.69, 9.17) is 5.73 Å². The molecule has 0 amide bonds. The van der Waals surface area contributed by atoms with Crippen LogP contribution in [0.5, 0.6) is 0 Å². The first-order valence-electron chi connectivity index (χ1n) is 6.67. The summed E-state index contributed by atoms with van der Waals surface area (Å²) in [5, 5.41) is 0. The van der Waals surface area contributed by atoms with Crippen LogP contribution >= 0.6 is 0 Å². The molecule has 0 bridgehead atoms. The third kappa shape index (κ3) is 2.87. The highest BCUT2D eigenvalue weighted by atomic mass is 15.2. The monoisotopic (exact) mass is 234 g/mol. The number of anilines is 2. The van der Waals surface area contributed by atoms with E-state index in [1.165, 1.54) is 32.1 Å². The van der Waals surface area contributed by atoms with Gasteiger partial charge in [0.15, 0.2) is 0 Å². The lowest BCUT2D eigenvalue weighted by Gasteiger charge is -2.27. The second-order valence-corrected chi connectivity index (χ2v) is 4.67. The molecule has 1 saturated heterocycles. The third-order valence-electron chi connectivity index (χ3n) is 3.47. The van der Waals surface area contributed by atoms with Crippen LogP contribution in [-0.2, 0) is 6.42 Å². The number of rotatable bonds is 2. The van der Waals surface area contributed by atoms with Gasteiger partial charge in [0.25, 0.3) is 0 Å². The molecule has 17 heavy (non-hydrogen) atoms. The van der Waals surface area contributed by atoms with E-state index in [0.717, 1.165) is 30.9 Å². The van der Waals surface area contributed by atoms with E-state index in [-0.39, 0.29) is 0 Å². The quantitative estimate of drug-likeness (QED) is 0.853. The molecule has 1 fully saturated rings. The van der Waals surface area contributed by atoms with Crippen LogP contribution < -0.4 is 10.6 Å². The molecule has 2 rings (SSSR count). The molecule has 2 N–H and O–H groups in total. The topological polar surface area (TPSA) is 55.0 Å². The first-order chi connectivity index (χ1) is 8.33. The Labute approximate surface area is 103 Å². The molecular formula is C13H22N4. The molecule has 2 heterocycles. The fraction of sp³-hybridized carbons (Fsp3) is 0.692. The van der Waals surface area contributed by atoms with Gasteiger partial charge >= 0.3 is 0 Å². The van der Waals surface area contributed by atoms with Gasteiger partial charge in [-0.2, -0.15) is 0 Å². The molecule has 0 aliphatic carbocycles. The van der Waals surface area contributed by atoms with E-state index >= 15 is 0 Å².